The van der Waals surface area contributed by atoms with E-state index in [2.05, 4.69) is 10.1 Å². The molecule has 12 heavy (non-hydrogen) atoms. The Bertz CT molecular complexity index is 172. The van der Waals surface area contributed by atoms with Crippen LogP contribution in [0.15, 0.2) is 10.1 Å². The van der Waals surface area contributed by atoms with Crippen molar-refractivity contribution in [3.05, 3.63) is 0 Å². The van der Waals surface area contributed by atoms with Gasteiger partial charge < -0.3 is 11.5 Å². The zero-order valence-corrected chi connectivity index (χ0v) is 6.46. The molecular formula is C4H12N8. The molecule has 8 N–H and O–H groups in total. The van der Waals surface area contributed by atoms with Gasteiger partial charge in [-0.3, -0.25) is 10.4 Å². The summed E-state index contributed by atoms with van der Waals surface area (Å²) < 4.78 is 0. The molecule has 0 aliphatic heterocycles. The number of nitrogens with two attached hydrogens (primary N) is 2. The fraction of sp³-hybridized carbons (Fsp3) is 0.500. The van der Waals surface area contributed by atoms with Crippen LogP contribution in [0.4, 0.5) is 0 Å². The largest absolute Gasteiger partial charge is 0.386 e. The second-order valence-electron chi connectivity index (χ2n) is 1.65. The third-order valence-corrected chi connectivity index (χ3v) is 0.694. The topological polar surface area (TPSA) is 172 Å². The lowest BCUT2D eigenvalue weighted by Gasteiger charge is -1.93. The first-order valence-electron chi connectivity index (χ1n) is 2.86. The first kappa shape index (κ1) is 12.8. The summed E-state index contributed by atoms with van der Waals surface area (Å²) in [4.78, 5) is 3.64. The quantitative estimate of drug-likeness (QED) is 0.198. The van der Waals surface area contributed by atoms with Crippen molar-refractivity contribution < 1.29 is 0 Å². The Hall–Kier alpha value is -1.86. The SMILES string of the molecule is N=N.N=NCC(N)=NCC(=N)N. The van der Waals surface area contributed by atoms with Crippen molar-refractivity contribution in [2.24, 2.45) is 21.6 Å². The Balaban J connectivity index is 0. The second-order valence-corrected chi connectivity index (χ2v) is 1.65. The van der Waals surface area contributed by atoms with Gasteiger partial charge in [0.15, 0.2) is 0 Å². The molecule has 0 bridgehead atoms. The van der Waals surface area contributed by atoms with Gasteiger partial charge in [-0.2, -0.15) is 5.11 Å². The van der Waals surface area contributed by atoms with Gasteiger partial charge in [0, 0.05) is 0 Å². The molecule has 0 aromatic heterocycles. The molecule has 0 aliphatic rings. The van der Waals surface area contributed by atoms with E-state index in [1.54, 1.807) is 0 Å². The molecule has 8 nitrogen and oxygen atoms in total. The van der Waals surface area contributed by atoms with E-state index < -0.39 is 0 Å². The van der Waals surface area contributed by atoms with Crippen LogP contribution >= 0.6 is 0 Å². The smallest absolute Gasteiger partial charge is 0.118 e. The minimum Gasteiger partial charge on any atom is -0.386 e. The minimum atomic E-state index is -0.0482. The van der Waals surface area contributed by atoms with Crippen LogP contribution in [0.5, 0.6) is 0 Å². The molecule has 0 rings (SSSR count). The Labute approximate surface area is 69.4 Å². The highest BCUT2D eigenvalue weighted by molar-refractivity contribution is 5.86. The van der Waals surface area contributed by atoms with Crippen LogP contribution in [0, 0.1) is 22.0 Å². The van der Waals surface area contributed by atoms with Gasteiger partial charge in [-0.25, -0.2) is 16.6 Å². The van der Waals surface area contributed by atoms with E-state index in [1.165, 1.54) is 0 Å². The number of aliphatic imine (C=N–C) groups is 1. The van der Waals surface area contributed by atoms with Gasteiger partial charge >= 0.3 is 0 Å². The third kappa shape index (κ3) is 11.0. The summed E-state index contributed by atoms with van der Waals surface area (Å²) >= 11 is 0. The molecule has 0 aromatic rings. The van der Waals surface area contributed by atoms with E-state index in [-0.39, 0.29) is 24.8 Å². The van der Waals surface area contributed by atoms with E-state index in [1.807, 2.05) is 0 Å². The summed E-state index contributed by atoms with van der Waals surface area (Å²) in [6.07, 6.45) is 0. The molecule has 0 atom stereocenters. The molecule has 0 heterocycles. The normalized spacial score (nSPS) is 9.50. The van der Waals surface area contributed by atoms with Gasteiger partial charge in [-0.1, -0.05) is 0 Å². The summed E-state index contributed by atoms with van der Waals surface area (Å²) in [6, 6.07) is 0. The second kappa shape index (κ2) is 9.14. The molecule has 0 saturated carbocycles. The van der Waals surface area contributed by atoms with Gasteiger partial charge in [-0.15, -0.1) is 0 Å². The number of rotatable bonds is 4. The third-order valence-electron chi connectivity index (χ3n) is 0.694. The van der Waals surface area contributed by atoms with Gasteiger partial charge in [0.1, 0.15) is 18.2 Å². The molecule has 68 valence electrons. The number of nitrogens with one attached hydrogen (secondary N) is 4. The van der Waals surface area contributed by atoms with Crippen molar-refractivity contribution in [1.82, 2.24) is 0 Å². The maximum atomic E-state index is 6.76. The lowest BCUT2D eigenvalue weighted by Crippen LogP contribution is -2.20. The Morgan fingerprint density at radius 3 is 2.00 bits per heavy atom. The Morgan fingerprint density at radius 1 is 1.17 bits per heavy atom. The molecule has 0 fully saturated rings. The highest BCUT2D eigenvalue weighted by Gasteiger charge is 1.89. The summed E-state index contributed by atoms with van der Waals surface area (Å²) in [5.74, 6) is 0.179. The maximum Gasteiger partial charge on any atom is 0.118 e. The van der Waals surface area contributed by atoms with Crippen LogP contribution in [0.25, 0.3) is 0 Å². The maximum absolute atomic E-state index is 6.76. The minimum absolute atomic E-state index is 0.0482. The number of nitrogens with zero attached hydrogens (tertiary/aromatic N) is 2. The Morgan fingerprint density at radius 2 is 1.67 bits per heavy atom. The highest BCUT2D eigenvalue weighted by Crippen LogP contribution is 1.73. The molecule has 0 spiro atoms. The lowest BCUT2D eigenvalue weighted by molar-refractivity contribution is 1.01. The number of hydrogen-bond acceptors (Lipinski definition) is 6. The lowest BCUT2D eigenvalue weighted by atomic mass is 10.5. The molecule has 0 saturated heterocycles. The van der Waals surface area contributed by atoms with E-state index in [9.17, 15) is 0 Å². The monoisotopic (exact) mass is 172 g/mol. The number of hydrogen-bond donors (Lipinski definition) is 6. The molecule has 0 aromatic carbocycles. The zero-order chi connectivity index (χ0) is 9.98. The molecular weight excluding hydrogens is 160 g/mol. The molecule has 0 amide bonds. The van der Waals surface area contributed by atoms with Crippen LogP contribution in [0.2, 0.25) is 0 Å². The van der Waals surface area contributed by atoms with Crippen LogP contribution in [0.1, 0.15) is 0 Å². The average molecular weight is 172 g/mol. The fourth-order valence-electron chi connectivity index (χ4n) is 0.318. The molecule has 0 aliphatic carbocycles. The van der Waals surface area contributed by atoms with Gasteiger partial charge in [0.25, 0.3) is 0 Å². The fourth-order valence-corrected chi connectivity index (χ4v) is 0.318. The highest BCUT2D eigenvalue weighted by atomic mass is 15.0. The van der Waals surface area contributed by atoms with Gasteiger partial charge in [-0.05, 0) is 0 Å². The molecule has 0 unspecified atom stereocenters. The first-order valence-corrected chi connectivity index (χ1v) is 2.86. The summed E-state index contributed by atoms with van der Waals surface area (Å²) in [5.41, 5.74) is 26.6. The van der Waals surface area contributed by atoms with E-state index in [0.29, 0.717) is 0 Å². The average Bonchev–Trinajstić information content (AvgIpc) is 2.05. The van der Waals surface area contributed by atoms with Crippen molar-refractivity contribution >= 4 is 11.7 Å². The van der Waals surface area contributed by atoms with Crippen molar-refractivity contribution in [2.45, 2.75) is 0 Å². The van der Waals surface area contributed by atoms with Gasteiger partial charge in [0.2, 0.25) is 0 Å². The van der Waals surface area contributed by atoms with Crippen LogP contribution in [0.3, 0.4) is 0 Å². The van der Waals surface area contributed by atoms with Crippen molar-refractivity contribution in [3.8, 4) is 0 Å². The van der Waals surface area contributed by atoms with Gasteiger partial charge in [0.05, 0.1) is 6.54 Å². The van der Waals surface area contributed by atoms with Crippen molar-refractivity contribution in [2.75, 3.05) is 13.1 Å². The van der Waals surface area contributed by atoms with Crippen LogP contribution in [-0.2, 0) is 0 Å². The van der Waals surface area contributed by atoms with E-state index in [4.69, 9.17) is 33.5 Å². The number of amidine groups is 2. The summed E-state index contributed by atoms with van der Waals surface area (Å²) in [6.45, 7) is 0.161. The first-order chi connectivity index (χ1) is 5.66. The van der Waals surface area contributed by atoms with E-state index >= 15 is 0 Å². The van der Waals surface area contributed by atoms with Crippen molar-refractivity contribution in [3.63, 3.8) is 0 Å². The standard InChI is InChI=1S/C4H10N6.H2N2/c5-3(6)1-9-4(7)2-10-8;1-2/h8H,1-2H2,(H3,5,6)(H2,7,9);1-2H. The predicted molar refractivity (Wildman–Crippen MR) is 43.9 cm³/mol. The zero-order valence-electron chi connectivity index (χ0n) is 6.46. The van der Waals surface area contributed by atoms with Crippen molar-refractivity contribution in [1.29, 1.82) is 22.0 Å². The Kier molecular flexibility index (Phi) is 9.74. The molecule has 8 heteroatoms. The molecule has 0 radical (unpaired) electrons. The van der Waals surface area contributed by atoms with Crippen LogP contribution < -0.4 is 11.5 Å². The summed E-state index contributed by atoms with van der Waals surface area (Å²) in [7, 11) is 0. The predicted octanol–water partition coefficient (Wildman–Crippen LogP) is -0.0933. The van der Waals surface area contributed by atoms with Crippen LogP contribution in [-0.4, -0.2) is 24.8 Å². The summed E-state index contributed by atoms with van der Waals surface area (Å²) in [5, 5.41) is 9.75. The van der Waals surface area contributed by atoms with E-state index in [0.717, 1.165) is 0 Å².